The molecular weight excluding hydrogens is 755 g/mol. The maximum atomic E-state index is 5.44. The van der Waals surface area contributed by atoms with Crippen molar-refractivity contribution in [3.63, 3.8) is 0 Å². The molecule has 3 heterocycles. The van der Waals surface area contributed by atoms with E-state index in [2.05, 4.69) is 221 Å². The Morgan fingerprint density at radius 2 is 0.774 bits per heavy atom. The summed E-state index contributed by atoms with van der Waals surface area (Å²) in [7, 11) is 0. The predicted molar refractivity (Wildman–Crippen MR) is 257 cm³/mol. The highest BCUT2D eigenvalue weighted by molar-refractivity contribution is 6.14. The minimum atomic E-state index is 0.613. The summed E-state index contributed by atoms with van der Waals surface area (Å²) in [4.78, 5) is 16.2. The number of benzene rings is 10. The SMILES string of the molecule is c1ccc(-n2c3ccccc3c3ccc(-c4nc(-c5cccc6ccccc56)nc(-c5cc(-n6c7ccccc7c7cc8ccccc8cc76)cc6ccccc56)n4)cc32)cc1. The van der Waals surface area contributed by atoms with Gasteiger partial charge < -0.3 is 9.13 Å². The molecule has 10 aromatic carbocycles. The van der Waals surface area contributed by atoms with E-state index in [1.165, 1.54) is 32.3 Å². The smallest absolute Gasteiger partial charge is 0.164 e. The first-order chi connectivity index (χ1) is 30.7. The van der Waals surface area contributed by atoms with Gasteiger partial charge in [0.25, 0.3) is 0 Å². The van der Waals surface area contributed by atoms with Gasteiger partial charge in [0.15, 0.2) is 17.5 Å². The molecule has 0 spiro atoms. The number of aromatic nitrogens is 5. The summed E-state index contributed by atoms with van der Waals surface area (Å²) >= 11 is 0. The Hall–Kier alpha value is -8.41. The summed E-state index contributed by atoms with van der Waals surface area (Å²) in [5.41, 5.74) is 9.51. The first-order valence-corrected chi connectivity index (χ1v) is 21.0. The zero-order valence-electron chi connectivity index (χ0n) is 33.4. The van der Waals surface area contributed by atoms with Gasteiger partial charge in [-0.1, -0.05) is 158 Å². The molecule has 3 aromatic heterocycles. The van der Waals surface area contributed by atoms with E-state index in [-0.39, 0.29) is 0 Å². The van der Waals surface area contributed by atoms with Crippen LogP contribution in [0.4, 0.5) is 0 Å². The van der Waals surface area contributed by atoms with Gasteiger partial charge in [0.2, 0.25) is 0 Å². The third-order valence-corrected chi connectivity index (χ3v) is 12.5. The molecule has 5 heteroatoms. The molecule has 0 aliphatic carbocycles. The minimum Gasteiger partial charge on any atom is -0.309 e. The fraction of sp³-hybridized carbons (Fsp3) is 0. The second kappa shape index (κ2) is 13.6. The minimum absolute atomic E-state index is 0.613. The number of para-hydroxylation sites is 3. The summed E-state index contributed by atoms with van der Waals surface area (Å²) in [5, 5.41) is 11.6. The van der Waals surface area contributed by atoms with E-state index < -0.39 is 0 Å². The summed E-state index contributed by atoms with van der Waals surface area (Å²) in [6.45, 7) is 0. The van der Waals surface area contributed by atoms with Crippen molar-refractivity contribution in [1.82, 2.24) is 24.1 Å². The highest BCUT2D eigenvalue weighted by Gasteiger charge is 2.21. The third-order valence-electron chi connectivity index (χ3n) is 12.5. The summed E-state index contributed by atoms with van der Waals surface area (Å²) in [6, 6.07) is 75.7. The number of fused-ring (bicyclic) bond motifs is 9. The Kier molecular flexibility index (Phi) is 7.54. The normalized spacial score (nSPS) is 11.9. The second-order valence-electron chi connectivity index (χ2n) is 16.0. The van der Waals surface area contributed by atoms with Crippen LogP contribution in [0.15, 0.2) is 212 Å². The van der Waals surface area contributed by atoms with Crippen LogP contribution in [0.2, 0.25) is 0 Å². The van der Waals surface area contributed by atoms with Crippen molar-refractivity contribution in [2.45, 2.75) is 0 Å². The molecule has 0 unspecified atom stereocenters. The molecule has 0 N–H and O–H groups in total. The van der Waals surface area contributed by atoms with Crippen molar-refractivity contribution in [2.75, 3.05) is 0 Å². The van der Waals surface area contributed by atoms with E-state index in [4.69, 9.17) is 15.0 Å². The lowest BCUT2D eigenvalue weighted by atomic mass is 10.0. The van der Waals surface area contributed by atoms with E-state index >= 15 is 0 Å². The van der Waals surface area contributed by atoms with Crippen LogP contribution >= 0.6 is 0 Å². The Morgan fingerprint density at radius 3 is 1.53 bits per heavy atom. The molecule has 0 aliphatic heterocycles. The molecule has 0 saturated carbocycles. The van der Waals surface area contributed by atoms with Crippen molar-refractivity contribution in [3.8, 4) is 45.5 Å². The average Bonchev–Trinajstić information content (AvgIpc) is 3.84. The molecule has 288 valence electrons. The van der Waals surface area contributed by atoms with Crippen molar-refractivity contribution in [1.29, 1.82) is 0 Å². The molecule has 0 atom stereocenters. The number of hydrogen-bond acceptors (Lipinski definition) is 3. The lowest BCUT2D eigenvalue weighted by Gasteiger charge is -2.15. The lowest BCUT2D eigenvalue weighted by molar-refractivity contribution is 1.08. The van der Waals surface area contributed by atoms with Gasteiger partial charge in [-0.2, -0.15) is 0 Å². The second-order valence-corrected chi connectivity index (χ2v) is 16.0. The predicted octanol–water partition coefficient (Wildman–Crippen LogP) is 14.5. The molecule has 0 bridgehead atoms. The quantitative estimate of drug-likeness (QED) is 0.174. The van der Waals surface area contributed by atoms with Crippen LogP contribution in [0.5, 0.6) is 0 Å². The fourth-order valence-electron chi connectivity index (χ4n) is 9.67. The van der Waals surface area contributed by atoms with Gasteiger partial charge in [0.05, 0.1) is 22.1 Å². The number of nitrogens with zero attached hydrogens (tertiary/aromatic N) is 5. The van der Waals surface area contributed by atoms with Crippen LogP contribution in [0.3, 0.4) is 0 Å². The fourth-order valence-corrected chi connectivity index (χ4v) is 9.67. The van der Waals surface area contributed by atoms with E-state index in [9.17, 15) is 0 Å². The molecule has 0 aliphatic rings. The molecule has 5 nitrogen and oxygen atoms in total. The summed E-state index contributed by atoms with van der Waals surface area (Å²) in [5.74, 6) is 1.86. The van der Waals surface area contributed by atoms with Crippen molar-refractivity contribution < 1.29 is 0 Å². The molecule has 62 heavy (non-hydrogen) atoms. The monoisotopic (exact) mass is 789 g/mol. The molecule has 0 amide bonds. The first kappa shape index (κ1) is 34.5. The number of rotatable bonds is 5. The molecule has 0 saturated heterocycles. The lowest BCUT2D eigenvalue weighted by Crippen LogP contribution is -2.02. The van der Waals surface area contributed by atoms with Crippen LogP contribution < -0.4 is 0 Å². The van der Waals surface area contributed by atoms with E-state index in [0.29, 0.717) is 17.5 Å². The maximum Gasteiger partial charge on any atom is 0.164 e. The van der Waals surface area contributed by atoms with Crippen molar-refractivity contribution >= 4 is 75.9 Å². The van der Waals surface area contributed by atoms with Gasteiger partial charge >= 0.3 is 0 Å². The molecule has 13 rings (SSSR count). The molecule has 13 aromatic rings. The van der Waals surface area contributed by atoms with E-state index in [1.54, 1.807) is 0 Å². The third kappa shape index (κ3) is 5.32. The van der Waals surface area contributed by atoms with Crippen LogP contribution in [0.1, 0.15) is 0 Å². The van der Waals surface area contributed by atoms with Gasteiger partial charge in [0.1, 0.15) is 0 Å². The van der Waals surface area contributed by atoms with Crippen LogP contribution in [-0.2, 0) is 0 Å². The Balaban J connectivity index is 1.10. The molecule has 0 radical (unpaired) electrons. The van der Waals surface area contributed by atoms with E-state index in [0.717, 1.165) is 71.7 Å². The molecule has 0 fully saturated rings. The van der Waals surface area contributed by atoms with Gasteiger partial charge in [-0.15, -0.1) is 0 Å². The highest BCUT2D eigenvalue weighted by atomic mass is 15.0. The summed E-state index contributed by atoms with van der Waals surface area (Å²) < 4.78 is 4.74. The standard InChI is InChI=1S/C57H35N5/c1-2-20-41(21-3-1)61-51-27-12-10-24-45(51)47-30-29-40(34-53(47)61)55-58-56(48-26-14-19-36-15-6-8-22-43(36)48)60-57(59-55)50-35-42(31-39-18-7-9-23-44(39)50)62-52-28-13-11-25-46(52)49-32-37-16-4-5-17-38(37)33-54(49)62/h1-35H. The topological polar surface area (TPSA) is 48.5 Å². The number of hydrogen-bond donors (Lipinski definition) is 0. The van der Waals surface area contributed by atoms with Gasteiger partial charge in [-0.05, 0) is 86.9 Å². The molecular formula is C57H35N5. The van der Waals surface area contributed by atoms with Gasteiger partial charge in [-0.25, -0.2) is 15.0 Å². The van der Waals surface area contributed by atoms with Crippen LogP contribution in [0, 0.1) is 0 Å². The largest absolute Gasteiger partial charge is 0.309 e. The van der Waals surface area contributed by atoms with Gasteiger partial charge in [0, 0.05) is 49.6 Å². The maximum absolute atomic E-state index is 5.44. The average molecular weight is 790 g/mol. The van der Waals surface area contributed by atoms with E-state index in [1.807, 2.05) is 0 Å². The summed E-state index contributed by atoms with van der Waals surface area (Å²) in [6.07, 6.45) is 0. The van der Waals surface area contributed by atoms with Crippen molar-refractivity contribution in [2.24, 2.45) is 0 Å². The highest BCUT2D eigenvalue weighted by Crippen LogP contribution is 2.40. The Morgan fingerprint density at radius 1 is 0.258 bits per heavy atom. The Labute approximate surface area is 356 Å². The first-order valence-electron chi connectivity index (χ1n) is 21.0. The van der Waals surface area contributed by atoms with Crippen LogP contribution in [0.25, 0.3) is 121 Å². The van der Waals surface area contributed by atoms with Crippen molar-refractivity contribution in [3.05, 3.63) is 212 Å². The van der Waals surface area contributed by atoms with Crippen LogP contribution in [-0.4, -0.2) is 24.1 Å². The van der Waals surface area contributed by atoms with Gasteiger partial charge in [-0.3, -0.25) is 0 Å². The zero-order valence-corrected chi connectivity index (χ0v) is 33.4. The zero-order chi connectivity index (χ0) is 40.7. The Bertz CT molecular complexity index is 3930.